The molecule has 0 spiro atoms. The summed E-state index contributed by atoms with van der Waals surface area (Å²) in [6.45, 7) is 4.24. The van der Waals surface area contributed by atoms with Gasteiger partial charge in [0.05, 0.1) is 12.0 Å². The van der Waals surface area contributed by atoms with E-state index in [1.807, 2.05) is 42.5 Å². The minimum Gasteiger partial charge on any atom is -0.389 e. The van der Waals surface area contributed by atoms with Crippen molar-refractivity contribution in [2.75, 3.05) is 6.54 Å². The maximum absolute atomic E-state index is 12.5. The third-order valence-corrected chi connectivity index (χ3v) is 3.15. The molecule has 2 aromatic rings. The van der Waals surface area contributed by atoms with Crippen molar-refractivity contribution in [1.29, 1.82) is 0 Å². The molecule has 0 saturated heterocycles. The van der Waals surface area contributed by atoms with Crippen molar-refractivity contribution in [2.45, 2.75) is 32.4 Å². The number of hydrogen-bond donors (Lipinski definition) is 2. The van der Waals surface area contributed by atoms with Crippen LogP contribution in [0.1, 0.15) is 25.1 Å². The largest absolute Gasteiger partial charge is 0.389 e. The first-order valence-electron chi connectivity index (χ1n) is 7.10. The Kier molecular flexibility index (Phi) is 4.81. The van der Waals surface area contributed by atoms with E-state index in [2.05, 4.69) is 4.98 Å². The highest BCUT2D eigenvalue weighted by Gasteiger charge is 2.22. The van der Waals surface area contributed by atoms with Gasteiger partial charge in [0.15, 0.2) is 0 Å². The van der Waals surface area contributed by atoms with Crippen LogP contribution in [0.2, 0.25) is 0 Å². The highest BCUT2D eigenvalue weighted by atomic mass is 16.3. The molecule has 0 unspecified atom stereocenters. The number of aromatic nitrogens is 1. The zero-order valence-electron chi connectivity index (χ0n) is 12.5. The van der Waals surface area contributed by atoms with Crippen LogP contribution in [-0.4, -0.2) is 33.0 Å². The first-order chi connectivity index (χ1) is 9.94. The van der Waals surface area contributed by atoms with Crippen LogP contribution in [0.15, 0.2) is 48.7 Å². The molecule has 0 aliphatic carbocycles. The molecule has 2 rings (SSSR count). The summed E-state index contributed by atoms with van der Waals surface area (Å²) in [6, 6.07) is 13.6. The van der Waals surface area contributed by atoms with Crippen molar-refractivity contribution < 1.29 is 9.90 Å². The van der Waals surface area contributed by atoms with Crippen molar-refractivity contribution in [3.05, 3.63) is 59.9 Å². The molecule has 112 valence electrons. The van der Waals surface area contributed by atoms with Gasteiger partial charge in [-0.25, -0.2) is 0 Å². The zero-order valence-corrected chi connectivity index (χ0v) is 12.5. The molecule has 0 atom stereocenters. The van der Waals surface area contributed by atoms with E-state index in [1.165, 1.54) is 0 Å². The quantitative estimate of drug-likeness (QED) is 0.856. The summed E-state index contributed by atoms with van der Waals surface area (Å²) in [6.07, 6.45) is 2.12. The van der Waals surface area contributed by atoms with Crippen molar-refractivity contribution in [1.82, 2.24) is 9.88 Å². The van der Waals surface area contributed by atoms with Crippen LogP contribution >= 0.6 is 0 Å². The first kappa shape index (κ1) is 15.3. The molecule has 1 heterocycles. The van der Waals surface area contributed by atoms with Crippen LogP contribution in [0.3, 0.4) is 0 Å². The Hall–Kier alpha value is -2.07. The van der Waals surface area contributed by atoms with Crippen LogP contribution in [-0.2, 0) is 17.8 Å². The van der Waals surface area contributed by atoms with Gasteiger partial charge in [-0.1, -0.05) is 30.3 Å². The van der Waals surface area contributed by atoms with Crippen LogP contribution in [0, 0.1) is 0 Å². The van der Waals surface area contributed by atoms with Crippen molar-refractivity contribution >= 4 is 5.91 Å². The topological polar surface area (TPSA) is 56.3 Å². The van der Waals surface area contributed by atoms with Crippen LogP contribution in [0.5, 0.6) is 0 Å². The molecule has 2 N–H and O–H groups in total. The van der Waals surface area contributed by atoms with E-state index < -0.39 is 5.60 Å². The second kappa shape index (κ2) is 6.59. The minimum atomic E-state index is -0.916. The number of rotatable bonds is 6. The van der Waals surface area contributed by atoms with Crippen LogP contribution in [0.25, 0.3) is 0 Å². The van der Waals surface area contributed by atoms with Gasteiger partial charge in [0.25, 0.3) is 0 Å². The summed E-state index contributed by atoms with van der Waals surface area (Å²) in [5.41, 5.74) is 1.02. The lowest BCUT2D eigenvalue weighted by atomic mass is 10.1. The van der Waals surface area contributed by atoms with Crippen molar-refractivity contribution in [3.8, 4) is 0 Å². The fourth-order valence-electron chi connectivity index (χ4n) is 2.26. The summed E-state index contributed by atoms with van der Waals surface area (Å²) >= 11 is 0. The number of amides is 1. The normalized spacial score (nSPS) is 11.4. The Morgan fingerprint density at radius 3 is 2.48 bits per heavy atom. The molecule has 4 nitrogen and oxygen atoms in total. The van der Waals surface area contributed by atoms with Crippen molar-refractivity contribution in [3.63, 3.8) is 0 Å². The van der Waals surface area contributed by atoms with Crippen molar-refractivity contribution in [2.24, 2.45) is 0 Å². The Morgan fingerprint density at radius 2 is 1.90 bits per heavy atom. The maximum atomic E-state index is 12.5. The predicted octanol–water partition coefficient (Wildman–Crippen LogP) is 2.36. The molecule has 0 radical (unpaired) electrons. The van der Waals surface area contributed by atoms with Gasteiger partial charge in [-0.15, -0.1) is 0 Å². The van der Waals surface area contributed by atoms with E-state index in [-0.39, 0.29) is 5.91 Å². The van der Waals surface area contributed by atoms with Gasteiger partial charge < -0.3 is 15.0 Å². The molecule has 1 amide bonds. The number of benzene rings is 1. The van der Waals surface area contributed by atoms with E-state index in [9.17, 15) is 9.90 Å². The summed E-state index contributed by atoms with van der Waals surface area (Å²) in [4.78, 5) is 17.2. The Balaban J connectivity index is 2.09. The zero-order chi connectivity index (χ0) is 15.3. The fraction of sp³-hybridized carbons (Fsp3) is 0.353. The number of nitrogens with one attached hydrogen (secondary N) is 1. The van der Waals surface area contributed by atoms with Gasteiger partial charge in [-0.05, 0) is 31.5 Å². The average Bonchev–Trinajstić information content (AvgIpc) is 2.90. The number of aromatic amines is 1. The van der Waals surface area contributed by atoms with E-state index in [0.717, 1.165) is 11.3 Å². The number of nitrogens with zero attached hydrogens (tertiary/aromatic N) is 1. The van der Waals surface area contributed by atoms with Gasteiger partial charge >= 0.3 is 0 Å². The summed E-state index contributed by atoms with van der Waals surface area (Å²) in [5, 5.41) is 10.0. The van der Waals surface area contributed by atoms with E-state index in [0.29, 0.717) is 19.5 Å². The smallest absolute Gasteiger partial charge is 0.228 e. The van der Waals surface area contributed by atoms with Gasteiger partial charge in [0, 0.05) is 25.0 Å². The number of carbonyl (C=O) groups is 1. The fourth-order valence-corrected chi connectivity index (χ4v) is 2.26. The number of aliphatic hydroxyl groups is 1. The second-order valence-corrected chi connectivity index (χ2v) is 5.92. The molecule has 1 aromatic heterocycles. The molecule has 0 saturated carbocycles. The molecule has 0 fully saturated rings. The Morgan fingerprint density at radius 1 is 1.19 bits per heavy atom. The highest BCUT2D eigenvalue weighted by molar-refractivity contribution is 5.78. The molecule has 1 aromatic carbocycles. The van der Waals surface area contributed by atoms with Crippen LogP contribution < -0.4 is 0 Å². The lowest BCUT2D eigenvalue weighted by molar-refractivity contribution is -0.134. The van der Waals surface area contributed by atoms with Gasteiger partial charge in [0.1, 0.15) is 0 Å². The third-order valence-electron chi connectivity index (χ3n) is 3.15. The van der Waals surface area contributed by atoms with Gasteiger partial charge in [-0.3, -0.25) is 4.79 Å². The maximum Gasteiger partial charge on any atom is 0.228 e. The molecule has 0 aliphatic heterocycles. The number of H-pyrrole nitrogens is 1. The van der Waals surface area contributed by atoms with E-state index >= 15 is 0 Å². The monoisotopic (exact) mass is 286 g/mol. The SMILES string of the molecule is CC(C)(O)CN(Cc1ccccc1)C(=O)Cc1ccc[nH]1. The third kappa shape index (κ3) is 5.08. The standard InChI is InChI=1S/C17H22N2O2/c1-17(2,21)13-19(12-14-7-4-3-5-8-14)16(20)11-15-9-6-10-18-15/h3-10,18,21H,11-13H2,1-2H3. The average molecular weight is 286 g/mol. The molecule has 0 bridgehead atoms. The Labute approximate surface area is 125 Å². The summed E-state index contributed by atoms with van der Waals surface area (Å²) < 4.78 is 0. The van der Waals surface area contributed by atoms with E-state index in [1.54, 1.807) is 24.9 Å². The second-order valence-electron chi connectivity index (χ2n) is 5.92. The molecule has 4 heteroatoms. The van der Waals surface area contributed by atoms with Gasteiger partial charge in [0.2, 0.25) is 5.91 Å². The van der Waals surface area contributed by atoms with E-state index in [4.69, 9.17) is 0 Å². The highest BCUT2D eigenvalue weighted by Crippen LogP contribution is 2.12. The predicted molar refractivity (Wildman–Crippen MR) is 82.7 cm³/mol. The molecule has 21 heavy (non-hydrogen) atoms. The summed E-state index contributed by atoms with van der Waals surface area (Å²) in [7, 11) is 0. The van der Waals surface area contributed by atoms with Gasteiger partial charge in [-0.2, -0.15) is 0 Å². The summed E-state index contributed by atoms with van der Waals surface area (Å²) in [5.74, 6) is 0.00317. The molecular weight excluding hydrogens is 264 g/mol. The number of carbonyl (C=O) groups excluding carboxylic acids is 1. The molecular formula is C17H22N2O2. The minimum absolute atomic E-state index is 0.00317. The lowest BCUT2D eigenvalue weighted by Crippen LogP contribution is -2.42. The lowest BCUT2D eigenvalue weighted by Gasteiger charge is -2.29. The molecule has 0 aliphatic rings. The number of hydrogen-bond acceptors (Lipinski definition) is 2. The van der Waals surface area contributed by atoms with Crippen LogP contribution in [0.4, 0.5) is 0 Å². The first-order valence-corrected chi connectivity index (χ1v) is 7.10. The Bertz CT molecular complexity index is 556.